The number of fused-ring (bicyclic) bond motifs is 1. The van der Waals surface area contributed by atoms with Gasteiger partial charge >= 0.3 is 11.9 Å². The van der Waals surface area contributed by atoms with Crippen molar-refractivity contribution >= 4 is 34.2 Å². The molecule has 1 aliphatic carbocycles. The molecule has 1 N–H and O–H groups in total. The summed E-state index contributed by atoms with van der Waals surface area (Å²) in [7, 11) is 1.33. The number of amides is 1. The predicted octanol–water partition coefficient (Wildman–Crippen LogP) is 4.39. The number of hydrogen-bond donors (Lipinski definition) is 1. The van der Waals surface area contributed by atoms with Crippen molar-refractivity contribution in [3.63, 3.8) is 0 Å². The van der Waals surface area contributed by atoms with Crippen molar-refractivity contribution in [2.24, 2.45) is 0 Å². The summed E-state index contributed by atoms with van der Waals surface area (Å²) in [6, 6.07) is 13.3. The van der Waals surface area contributed by atoms with E-state index in [9.17, 15) is 14.4 Å². The lowest BCUT2D eigenvalue weighted by molar-refractivity contribution is -0.123. The van der Waals surface area contributed by atoms with Crippen LogP contribution in [0.4, 0.5) is 5.00 Å². The smallest absolute Gasteiger partial charge is 0.341 e. The van der Waals surface area contributed by atoms with Crippen LogP contribution in [0.3, 0.4) is 0 Å². The van der Waals surface area contributed by atoms with E-state index < -0.39 is 23.9 Å². The average Bonchev–Trinajstić information content (AvgIpc) is 3.21. The van der Waals surface area contributed by atoms with Gasteiger partial charge in [-0.15, -0.1) is 11.3 Å². The molecule has 2 atom stereocenters. The maximum atomic E-state index is 12.8. The Morgan fingerprint density at radius 1 is 1.09 bits per heavy atom. The molecule has 4 rings (SSSR count). The standard InChI is InChI=1S/C25H24N2O5S/c1-15(32-24(29)17-10-12-26-13-11-17)22(28)27-23-21(25(30)31-2)19-9-8-18(14-20(19)33-23)16-6-4-3-5-7-16/h3-7,10-13,15,18H,8-9,14H2,1-2H3,(H,27,28). The Bertz CT molecular complexity index is 1160. The maximum Gasteiger partial charge on any atom is 0.341 e. The number of thiophene rings is 1. The minimum atomic E-state index is -1.05. The molecule has 8 heteroatoms. The second kappa shape index (κ2) is 9.95. The van der Waals surface area contributed by atoms with Crippen molar-refractivity contribution in [3.8, 4) is 0 Å². The highest BCUT2D eigenvalue weighted by molar-refractivity contribution is 7.17. The molecule has 3 aromatic rings. The van der Waals surface area contributed by atoms with Gasteiger partial charge in [0.2, 0.25) is 0 Å². The van der Waals surface area contributed by atoms with E-state index in [4.69, 9.17) is 9.47 Å². The number of anilines is 1. The fourth-order valence-electron chi connectivity index (χ4n) is 3.99. The van der Waals surface area contributed by atoms with Gasteiger partial charge in [0.15, 0.2) is 6.10 Å². The molecule has 0 spiro atoms. The zero-order valence-corrected chi connectivity index (χ0v) is 19.2. The number of methoxy groups -OCH3 is 1. The van der Waals surface area contributed by atoms with E-state index in [1.54, 1.807) is 0 Å². The first-order chi connectivity index (χ1) is 16.0. The number of nitrogens with one attached hydrogen (secondary N) is 1. The third kappa shape index (κ3) is 4.96. The van der Waals surface area contributed by atoms with Gasteiger partial charge in [0.05, 0.1) is 18.2 Å². The lowest BCUT2D eigenvalue weighted by atomic mass is 9.83. The Hall–Kier alpha value is -3.52. The van der Waals surface area contributed by atoms with Gasteiger partial charge < -0.3 is 14.8 Å². The van der Waals surface area contributed by atoms with Crippen molar-refractivity contribution in [2.45, 2.75) is 38.2 Å². The van der Waals surface area contributed by atoms with E-state index in [2.05, 4.69) is 22.4 Å². The lowest BCUT2D eigenvalue weighted by Crippen LogP contribution is -2.30. The summed E-state index contributed by atoms with van der Waals surface area (Å²) in [5.41, 5.74) is 2.89. The molecule has 1 amide bonds. The predicted molar refractivity (Wildman–Crippen MR) is 125 cm³/mol. The van der Waals surface area contributed by atoms with Crippen LogP contribution in [-0.4, -0.2) is 36.0 Å². The number of carbonyl (C=O) groups excluding carboxylic acids is 3. The molecular weight excluding hydrogens is 440 g/mol. The summed E-state index contributed by atoms with van der Waals surface area (Å²) in [5, 5.41) is 3.21. The summed E-state index contributed by atoms with van der Waals surface area (Å²) in [6.07, 6.45) is 4.32. The van der Waals surface area contributed by atoms with Crippen molar-refractivity contribution in [3.05, 3.63) is 82.0 Å². The molecule has 0 bridgehead atoms. The molecule has 0 radical (unpaired) electrons. The van der Waals surface area contributed by atoms with Crippen LogP contribution in [-0.2, 0) is 27.1 Å². The van der Waals surface area contributed by atoms with Crippen molar-refractivity contribution < 1.29 is 23.9 Å². The van der Waals surface area contributed by atoms with Crippen LogP contribution >= 0.6 is 11.3 Å². The molecule has 2 aromatic heterocycles. The number of aromatic nitrogens is 1. The molecule has 170 valence electrons. The number of carbonyl (C=O) groups is 3. The second-order valence-electron chi connectivity index (χ2n) is 7.82. The zero-order chi connectivity index (χ0) is 23.4. The molecule has 2 heterocycles. The molecule has 0 saturated carbocycles. The molecule has 1 aromatic carbocycles. The summed E-state index contributed by atoms with van der Waals surface area (Å²) in [4.78, 5) is 42.6. The number of esters is 2. The number of hydrogen-bond acceptors (Lipinski definition) is 7. The Kier molecular flexibility index (Phi) is 6.84. The topological polar surface area (TPSA) is 94.6 Å². The highest BCUT2D eigenvalue weighted by Gasteiger charge is 2.31. The Labute approximate surface area is 195 Å². The van der Waals surface area contributed by atoms with E-state index >= 15 is 0 Å². The number of benzene rings is 1. The molecular formula is C25H24N2O5S. The second-order valence-corrected chi connectivity index (χ2v) is 8.93. The van der Waals surface area contributed by atoms with E-state index in [1.165, 1.54) is 55.5 Å². The molecule has 7 nitrogen and oxygen atoms in total. The van der Waals surface area contributed by atoms with Gasteiger partial charge in [0.25, 0.3) is 5.91 Å². The van der Waals surface area contributed by atoms with Crippen LogP contribution in [0.2, 0.25) is 0 Å². The Balaban J connectivity index is 1.52. The number of pyridine rings is 1. The van der Waals surface area contributed by atoms with Crippen LogP contribution in [0, 0.1) is 0 Å². The van der Waals surface area contributed by atoms with E-state index in [1.807, 2.05) is 18.2 Å². The highest BCUT2D eigenvalue weighted by atomic mass is 32.1. The largest absolute Gasteiger partial charge is 0.465 e. The normalized spacial score (nSPS) is 15.8. The number of nitrogens with zero attached hydrogens (tertiary/aromatic N) is 1. The Morgan fingerprint density at radius 2 is 1.82 bits per heavy atom. The number of rotatable bonds is 6. The SMILES string of the molecule is COC(=O)c1c(NC(=O)C(C)OC(=O)c2ccncc2)sc2c1CCC(c1ccccc1)C2. The lowest BCUT2D eigenvalue weighted by Gasteiger charge is -2.22. The average molecular weight is 465 g/mol. The molecule has 0 saturated heterocycles. The van der Waals surface area contributed by atoms with Crippen molar-refractivity contribution in [2.75, 3.05) is 12.4 Å². The third-order valence-corrected chi connectivity index (χ3v) is 6.90. The molecule has 1 aliphatic rings. The van der Waals surface area contributed by atoms with Crippen molar-refractivity contribution in [1.82, 2.24) is 4.98 Å². The highest BCUT2D eigenvalue weighted by Crippen LogP contribution is 2.42. The van der Waals surface area contributed by atoms with E-state index in [-0.39, 0.29) is 0 Å². The quantitative estimate of drug-likeness (QED) is 0.544. The van der Waals surface area contributed by atoms with E-state index in [0.29, 0.717) is 22.0 Å². The summed E-state index contributed by atoms with van der Waals surface area (Å²) < 4.78 is 10.3. The van der Waals surface area contributed by atoms with Crippen LogP contribution < -0.4 is 5.32 Å². The van der Waals surface area contributed by atoms with Gasteiger partial charge in [-0.3, -0.25) is 9.78 Å². The van der Waals surface area contributed by atoms with Gasteiger partial charge in [-0.05, 0) is 55.4 Å². The minimum Gasteiger partial charge on any atom is -0.465 e. The molecule has 2 unspecified atom stereocenters. The number of ether oxygens (including phenoxy) is 2. The molecule has 0 aliphatic heterocycles. The monoisotopic (exact) mass is 464 g/mol. The Morgan fingerprint density at radius 3 is 2.52 bits per heavy atom. The molecule has 0 fully saturated rings. The maximum absolute atomic E-state index is 12.8. The third-order valence-electron chi connectivity index (χ3n) is 5.73. The van der Waals surface area contributed by atoms with Crippen molar-refractivity contribution in [1.29, 1.82) is 0 Å². The van der Waals surface area contributed by atoms with E-state index in [0.717, 1.165) is 29.7 Å². The van der Waals surface area contributed by atoms with Crippen LogP contribution in [0.5, 0.6) is 0 Å². The summed E-state index contributed by atoms with van der Waals surface area (Å²) >= 11 is 1.38. The van der Waals surface area contributed by atoms with Crippen LogP contribution in [0.15, 0.2) is 54.9 Å². The first kappa shape index (κ1) is 22.7. The van der Waals surface area contributed by atoms with Gasteiger partial charge in [0, 0.05) is 17.3 Å². The summed E-state index contributed by atoms with van der Waals surface area (Å²) in [6.45, 7) is 1.49. The summed E-state index contributed by atoms with van der Waals surface area (Å²) in [5.74, 6) is -1.26. The fourth-order valence-corrected chi connectivity index (χ4v) is 5.30. The van der Waals surface area contributed by atoms with Gasteiger partial charge in [-0.2, -0.15) is 0 Å². The van der Waals surface area contributed by atoms with Crippen LogP contribution in [0.1, 0.15) is 56.0 Å². The minimum absolute atomic E-state index is 0.304. The molecule has 33 heavy (non-hydrogen) atoms. The van der Waals surface area contributed by atoms with Gasteiger partial charge in [-0.1, -0.05) is 30.3 Å². The fraction of sp³-hybridized carbons (Fsp3) is 0.280. The van der Waals surface area contributed by atoms with Crippen LogP contribution in [0.25, 0.3) is 0 Å². The first-order valence-corrected chi connectivity index (χ1v) is 11.5. The first-order valence-electron chi connectivity index (χ1n) is 10.7. The van der Waals surface area contributed by atoms with Gasteiger partial charge in [-0.25, -0.2) is 9.59 Å². The van der Waals surface area contributed by atoms with Gasteiger partial charge in [0.1, 0.15) is 5.00 Å². The zero-order valence-electron chi connectivity index (χ0n) is 18.4.